The Hall–Kier alpha value is -0.620. The lowest BCUT2D eigenvalue weighted by molar-refractivity contribution is -0.138. The minimum atomic E-state index is -4.79. The van der Waals surface area contributed by atoms with Crippen molar-refractivity contribution in [3.63, 3.8) is 0 Å². The highest BCUT2D eigenvalue weighted by atomic mass is 35.5. The summed E-state index contributed by atoms with van der Waals surface area (Å²) in [5, 5.41) is -0.668. The maximum Gasteiger partial charge on any atom is 0.418 e. The molecular formula is C8H4Cl2F5N. The van der Waals surface area contributed by atoms with Crippen LogP contribution in [0.3, 0.4) is 0 Å². The van der Waals surface area contributed by atoms with Crippen LogP contribution in [0.25, 0.3) is 0 Å². The summed E-state index contributed by atoms with van der Waals surface area (Å²) < 4.78 is 61.9. The molecule has 90 valence electrons. The quantitative estimate of drug-likeness (QED) is 0.443. The van der Waals surface area contributed by atoms with Crippen molar-refractivity contribution in [3.05, 3.63) is 28.0 Å². The molecule has 1 nitrogen and oxygen atoms in total. The molecule has 16 heavy (non-hydrogen) atoms. The fourth-order valence-electron chi connectivity index (χ4n) is 1.04. The third-order valence-electron chi connectivity index (χ3n) is 1.75. The molecule has 0 fully saturated rings. The van der Waals surface area contributed by atoms with Crippen LogP contribution >= 0.6 is 23.2 Å². The predicted octanol–water partition coefficient (Wildman–Crippen LogP) is 4.43. The van der Waals surface area contributed by atoms with Crippen LogP contribution in [0.4, 0.5) is 22.0 Å². The predicted molar refractivity (Wildman–Crippen MR) is 48.8 cm³/mol. The molecule has 1 rings (SSSR count). The van der Waals surface area contributed by atoms with Crippen molar-refractivity contribution in [2.24, 2.45) is 0 Å². The van der Waals surface area contributed by atoms with E-state index >= 15 is 0 Å². The van der Waals surface area contributed by atoms with Crippen LogP contribution in [-0.2, 0) is 12.1 Å². The van der Waals surface area contributed by atoms with Gasteiger partial charge in [0.1, 0.15) is 5.15 Å². The average molecular weight is 280 g/mol. The minimum absolute atomic E-state index is 0.276. The lowest BCUT2D eigenvalue weighted by atomic mass is 10.1. The Kier molecular flexibility index (Phi) is 3.96. The van der Waals surface area contributed by atoms with Gasteiger partial charge in [0.2, 0.25) is 0 Å². The highest BCUT2D eigenvalue weighted by molar-refractivity contribution is 6.30. The number of hydrogen-bond donors (Lipinski definition) is 0. The molecule has 1 aromatic heterocycles. The zero-order valence-electron chi connectivity index (χ0n) is 7.45. The highest BCUT2D eigenvalue weighted by Gasteiger charge is 2.35. The molecule has 0 spiro atoms. The Morgan fingerprint density at radius 2 is 1.88 bits per heavy atom. The van der Waals surface area contributed by atoms with Gasteiger partial charge < -0.3 is 0 Å². The summed E-state index contributed by atoms with van der Waals surface area (Å²) in [6.07, 6.45) is -7.91. The molecule has 1 heterocycles. The molecule has 0 unspecified atom stereocenters. The van der Waals surface area contributed by atoms with E-state index in [0.29, 0.717) is 0 Å². The lowest BCUT2D eigenvalue weighted by Crippen LogP contribution is -2.11. The number of pyridine rings is 1. The van der Waals surface area contributed by atoms with Gasteiger partial charge in [-0.2, -0.15) is 13.2 Å². The van der Waals surface area contributed by atoms with E-state index in [4.69, 9.17) is 23.2 Å². The van der Waals surface area contributed by atoms with Crippen LogP contribution in [0, 0.1) is 0 Å². The van der Waals surface area contributed by atoms with E-state index in [1.165, 1.54) is 0 Å². The summed E-state index contributed by atoms with van der Waals surface area (Å²) in [5.74, 6) is -0.557. The second-order valence-corrected chi connectivity index (χ2v) is 3.42. The number of nitrogens with zero attached hydrogens (tertiary/aromatic N) is 1. The Labute approximate surface area is 97.2 Å². The number of alkyl halides is 6. The number of halogens is 7. The summed E-state index contributed by atoms with van der Waals surface area (Å²) in [6, 6.07) is 0.276. The largest absolute Gasteiger partial charge is 0.418 e. The summed E-state index contributed by atoms with van der Waals surface area (Å²) >= 11 is 10.5. The summed E-state index contributed by atoms with van der Waals surface area (Å²) in [5.41, 5.74) is -2.81. The van der Waals surface area contributed by atoms with Crippen LogP contribution in [0.2, 0.25) is 5.15 Å². The molecule has 0 aromatic carbocycles. The van der Waals surface area contributed by atoms with E-state index in [-0.39, 0.29) is 6.07 Å². The lowest BCUT2D eigenvalue weighted by Gasteiger charge is -2.13. The van der Waals surface area contributed by atoms with Gasteiger partial charge in [0, 0.05) is 0 Å². The summed E-state index contributed by atoms with van der Waals surface area (Å²) in [7, 11) is 0. The molecule has 0 saturated carbocycles. The standard InChI is InChI=1S/C8H4Cl2F5N/c9-2-5-4(8(13,14)15)1-3(7(11)12)6(10)16-5/h1,7H,2H2. The Balaban J connectivity index is 3.41. The van der Waals surface area contributed by atoms with Crippen molar-refractivity contribution in [3.8, 4) is 0 Å². The number of aromatic nitrogens is 1. The second kappa shape index (κ2) is 4.71. The third kappa shape index (κ3) is 2.74. The van der Waals surface area contributed by atoms with Crippen LogP contribution in [0.1, 0.15) is 23.2 Å². The van der Waals surface area contributed by atoms with E-state index < -0.39 is 40.5 Å². The number of rotatable bonds is 2. The third-order valence-corrected chi connectivity index (χ3v) is 2.31. The van der Waals surface area contributed by atoms with Gasteiger partial charge in [0.15, 0.2) is 0 Å². The van der Waals surface area contributed by atoms with Gasteiger partial charge in [-0.25, -0.2) is 13.8 Å². The fourth-order valence-corrected chi connectivity index (χ4v) is 1.48. The van der Waals surface area contributed by atoms with Gasteiger partial charge in [0.25, 0.3) is 6.43 Å². The molecule has 0 aliphatic heterocycles. The average Bonchev–Trinajstić information content (AvgIpc) is 2.14. The van der Waals surface area contributed by atoms with E-state index in [1.54, 1.807) is 0 Å². The first-order valence-corrected chi connectivity index (χ1v) is 4.79. The zero-order valence-corrected chi connectivity index (χ0v) is 8.97. The van der Waals surface area contributed by atoms with Gasteiger partial charge in [-0.3, -0.25) is 0 Å². The first-order chi connectivity index (χ1) is 7.27. The van der Waals surface area contributed by atoms with Crippen molar-refractivity contribution in [2.45, 2.75) is 18.5 Å². The van der Waals surface area contributed by atoms with Crippen molar-refractivity contribution >= 4 is 23.2 Å². The van der Waals surface area contributed by atoms with E-state index in [9.17, 15) is 22.0 Å². The van der Waals surface area contributed by atoms with E-state index in [1.807, 2.05) is 0 Å². The van der Waals surface area contributed by atoms with Gasteiger partial charge in [-0.05, 0) is 6.07 Å². The molecule has 0 saturated heterocycles. The summed E-state index contributed by atoms with van der Waals surface area (Å²) in [4.78, 5) is 3.21. The second-order valence-electron chi connectivity index (χ2n) is 2.79. The van der Waals surface area contributed by atoms with Gasteiger partial charge >= 0.3 is 6.18 Å². The number of hydrogen-bond acceptors (Lipinski definition) is 1. The van der Waals surface area contributed by atoms with Crippen LogP contribution in [-0.4, -0.2) is 4.98 Å². The molecule has 0 aliphatic rings. The van der Waals surface area contributed by atoms with Crippen molar-refractivity contribution in [1.29, 1.82) is 0 Å². The molecule has 0 N–H and O–H groups in total. The fraction of sp³-hybridized carbons (Fsp3) is 0.375. The highest BCUT2D eigenvalue weighted by Crippen LogP contribution is 2.36. The molecule has 1 aromatic rings. The van der Waals surface area contributed by atoms with Gasteiger partial charge in [0.05, 0.1) is 22.7 Å². The Bertz CT molecular complexity index is 391. The van der Waals surface area contributed by atoms with Gasteiger partial charge in [-0.1, -0.05) is 11.6 Å². The minimum Gasteiger partial charge on any atom is -0.239 e. The van der Waals surface area contributed by atoms with E-state index in [2.05, 4.69) is 4.98 Å². The summed E-state index contributed by atoms with van der Waals surface area (Å²) in [6.45, 7) is 0. The SMILES string of the molecule is FC(F)c1cc(C(F)(F)F)c(CCl)nc1Cl. The first kappa shape index (κ1) is 13.4. The molecule has 0 amide bonds. The van der Waals surface area contributed by atoms with Gasteiger partial charge in [-0.15, -0.1) is 11.6 Å². The topological polar surface area (TPSA) is 12.9 Å². The van der Waals surface area contributed by atoms with Crippen LogP contribution < -0.4 is 0 Å². The maximum absolute atomic E-state index is 12.4. The Morgan fingerprint density at radius 3 is 2.25 bits per heavy atom. The smallest absolute Gasteiger partial charge is 0.239 e. The molecule has 0 aliphatic carbocycles. The normalized spacial score (nSPS) is 12.2. The Morgan fingerprint density at radius 1 is 1.31 bits per heavy atom. The van der Waals surface area contributed by atoms with Crippen molar-refractivity contribution < 1.29 is 22.0 Å². The van der Waals surface area contributed by atoms with Crippen molar-refractivity contribution in [1.82, 2.24) is 4.98 Å². The molecular weight excluding hydrogens is 276 g/mol. The van der Waals surface area contributed by atoms with Crippen molar-refractivity contribution in [2.75, 3.05) is 0 Å². The first-order valence-electron chi connectivity index (χ1n) is 3.88. The molecule has 0 bridgehead atoms. The molecule has 0 radical (unpaired) electrons. The monoisotopic (exact) mass is 279 g/mol. The molecule has 0 atom stereocenters. The molecule has 8 heteroatoms. The van der Waals surface area contributed by atoms with Crippen LogP contribution in [0.15, 0.2) is 6.07 Å². The van der Waals surface area contributed by atoms with Crippen LogP contribution in [0.5, 0.6) is 0 Å². The van der Waals surface area contributed by atoms with E-state index in [0.717, 1.165) is 0 Å². The maximum atomic E-state index is 12.4. The zero-order chi connectivity index (χ0) is 12.5.